The summed E-state index contributed by atoms with van der Waals surface area (Å²) >= 11 is 5.92. The predicted molar refractivity (Wildman–Crippen MR) is 91.5 cm³/mol. The van der Waals surface area contributed by atoms with Gasteiger partial charge in [-0.05, 0) is 29.7 Å². The van der Waals surface area contributed by atoms with Crippen molar-refractivity contribution in [1.82, 2.24) is 0 Å². The highest BCUT2D eigenvalue weighted by Crippen LogP contribution is 2.28. The topological polar surface area (TPSA) is 72.2 Å². The molecule has 2 aromatic rings. The molecule has 21 heavy (non-hydrogen) atoms. The number of hydrogen-bond acceptors (Lipinski definition) is 4. The standard InChI is InChI=1S/C14H16N2O2S3/c1-9(2)10-5-3-4-6-11(10)16-21(17,18)13-8-7-12(20-13)14(15)19/h3-9,16H,1-2H3,(H2,15,19). The Balaban J connectivity index is 2.35. The second-order valence-corrected chi connectivity index (χ2v) is 8.26. The monoisotopic (exact) mass is 340 g/mol. The number of thiophene rings is 1. The quantitative estimate of drug-likeness (QED) is 0.819. The largest absolute Gasteiger partial charge is 0.389 e. The van der Waals surface area contributed by atoms with Crippen molar-refractivity contribution in [2.24, 2.45) is 5.73 Å². The molecule has 0 spiro atoms. The second kappa shape index (κ2) is 6.13. The van der Waals surface area contributed by atoms with E-state index < -0.39 is 10.0 Å². The minimum absolute atomic E-state index is 0.198. The Morgan fingerprint density at radius 2 is 1.90 bits per heavy atom. The lowest BCUT2D eigenvalue weighted by Gasteiger charge is -2.14. The van der Waals surface area contributed by atoms with Gasteiger partial charge in [0.25, 0.3) is 10.0 Å². The van der Waals surface area contributed by atoms with Crippen LogP contribution in [0.15, 0.2) is 40.6 Å². The van der Waals surface area contributed by atoms with Crippen LogP contribution in [-0.2, 0) is 10.0 Å². The Kier molecular flexibility index (Phi) is 4.65. The summed E-state index contributed by atoms with van der Waals surface area (Å²) in [5, 5.41) is 0. The molecule has 1 heterocycles. The van der Waals surface area contributed by atoms with Crippen molar-refractivity contribution in [3.05, 3.63) is 46.8 Å². The normalized spacial score (nSPS) is 11.6. The van der Waals surface area contributed by atoms with Gasteiger partial charge in [-0.2, -0.15) is 0 Å². The van der Waals surface area contributed by atoms with E-state index >= 15 is 0 Å². The van der Waals surface area contributed by atoms with Gasteiger partial charge in [0.2, 0.25) is 0 Å². The van der Waals surface area contributed by atoms with Crippen molar-refractivity contribution in [1.29, 1.82) is 0 Å². The average molecular weight is 340 g/mol. The average Bonchev–Trinajstić information content (AvgIpc) is 2.89. The Bertz CT molecular complexity index is 764. The molecule has 0 aliphatic carbocycles. The summed E-state index contributed by atoms with van der Waals surface area (Å²) in [5.41, 5.74) is 7.06. The first-order valence-electron chi connectivity index (χ1n) is 6.32. The van der Waals surface area contributed by atoms with Crippen molar-refractivity contribution in [3.63, 3.8) is 0 Å². The highest BCUT2D eigenvalue weighted by molar-refractivity contribution is 7.94. The Morgan fingerprint density at radius 1 is 1.24 bits per heavy atom. The molecule has 0 atom stereocenters. The van der Waals surface area contributed by atoms with E-state index in [2.05, 4.69) is 4.72 Å². The van der Waals surface area contributed by atoms with Crippen LogP contribution < -0.4 is 10.5 Å². The number of benzene rings is 1. The first-order valence-corrected chi connectivity index (χ1v) is 9.03. The third kappa shape index (κ3) is 3.61. The van der Waals surface area contributed by atoms with Crippen molar-refractivity contribution in [2.45, 2.75) is 24.0 Å². The summed E-state index contributed by atoms with van der Waals surface area (Å²) in [4.78, 5) is 0.784. The van der Waals surface area contributed by atoms with Crippen LogP contribution in [0.4, 0.5) is 5.69 Å². The molecule has 0 fully saturated rings. The van der Waals surface area contributed by atoms with Gasteiger partial charge in [-0.3, -0.25) is 4.72 Å². The van der Waals surface area contributed by atoms with E-state index in [1.165, 1.54) is 6.07 Å². The first kappa shape index (κ1) is 15.9. The van der Waals surface area contributed by atoms with Crippen molar-refractivity contribution in [3.8, 4) is 0 Å². The van der Waals surface area contributed by atoms with Gasteiger partial charge in [0.15, 0.2) is 0 Å². The minimum atomic E-state index is -3.63. The molecule has 3 N–H and O–H groups in total. The molecule has 0 amide bonds. The van der Waals surface area contributed by atoms with Crippen LogP contribution in [0.1, 0.15) is 30.2 Å². The van der Waals surface area contributed by atoms with Crippen molar-refractivity contribution in [2.75, 3.05) is 4.72 Å². The SMILES string of the molecule is CC(C)c1ccccc1NS(=O)(=O)c1ccc(C(N)=S)s1. The maximum absolute atomic E-state index is 12.4. The van der Waals surface area contributed by atoms with Gasteiger partial charge in [0.05, 0.1) is 10.6 Å². The third-order valence-corrected chi connectivity index (χ3v) is 6.24. The number of para-hydroxylation sites is 1. The van der Waals surface area contributed by atoms with E-state index in [0.717, 1.165) is 16.9 Å². The summed E-state index contributed by atoms with van der Waals surface area (Å²) in [6, 6.07) is 10.5. The van der Waals surface area contributed by atoms with Gasteiger partial charge in [-0.1, -0.05) is 44.3 Å². The Labute approximate surface area is 134 Å². The Morgan fingerprint density at radius 3 is 2.48 bits per heavy atom. The maximum Gasteiger partial charge on any atom is 0.271 e. The molecule has 1 aromatic carbocycles. The molecule has 0 aliphatic rings. The van der Waals surface area contributed by atoms with Crippen molar-refractivity contribution < 1.29 is 8.42 Å². The lowest BCUT2D eigenvalue weighted by atomic mass is 10.0. The van der Waals surface area contributed by atoms with Gasteiger partial charge < -0.3 is 5.73 Å². The van der Waals surface area contributed by atoms with Gasteiger partial charge in [-0.15, -0.1) is 11.3 Å². The summed E-state index contributed by atoms with van der Waals surface area (Å²) < 4.78 is 27.7. The maximum atomic E-state index is 12.4. The van der Waals surface area contributed by atoms with Crippen LogP contribution in [0.25, 0.3) is 0 Å². The molecule has 0 unspecified atom stereocenters. The first-order chi connectivity index (χ1) is 9.81. The zero-order chi connectivity index (χ0) is 15.6. The molecule has 0 saturated heterocycles. The predicted octanol–water partition coefficient (Wildman–Crippen LogP) is 3.31. The molecule has 0 saturated carbocycles. The van der Waals surface area contributed by atoms with E-state index in [4.69, 9.17) is 18.0 Å². The fourth-order valence-corrected chi connectivity index (χ4v) is 4.32. The van der Waals surface area contributed by atoms with Crippen LogP contribution in [0.2, 0.25) is 0 Å². The van der Waals surface area contributed by atoms with Crippen LogP contribution in [0.3, 0.4) is 0 Å². The summed E-state index contributed by atoms with van der Waals surface area (Å²) in [7, 11) is -3.63. The third-order valence-electron chi connectivity index (χ3n) is 2.92. The number of rotatable bonds is 5. The Hall–Kier alpha value is -1.44. The highest BCUT2D eigenvalue weighted by Gasteiger charge is 2.19. The zero-order valence-corrected chi connectivity index (χ0v) is 14.1. The van der Waals surface area contributed by atoms with Crippen molar-refractivity contribution >= 4 is 44.3 Å². The lowest BCUT2D eigenvalue weighted by molar-refractivity contribution is 0.603. The number of sulfonamides is 1. The molecule has 0 bridgehead atoms. The molecule has 7 heteroatoms. The minimum Gasteiger partial charge on any atom is -0.389 e. The second-order valence-electron chi connectivity index (χ2n) is 4.83. The number of nitrogens with one attached hydrogen (secondary N) is 1. The number of anilines is 1. The lowest BCUT2D eigenvalue weighted by Crippen LogP contribution is -2.13. The molecular formula is C14H16N2O2S3. The van der Waals surface area contributed by atoms with Gasteiger partial charge in [-0.25, -0.2) is 8.42 Å². The number of hydrogen-bond donors (Lipinski definition) is 2. The summed E-state index contributed by atoms with van der Waals surface area (Å²) in [6.07, 6.45) is 0. The van der Waals surface area contributed by atoms with E-state index in [9.17, 15) is 8.42 Å². The molecular weight excluding hydrogens is 324 g/mol. The summed E-state index contributed by atoms with van der Waals surface area (Å²) in [5.74, 6) is 0.222. The van der Waals surface area contributed by atoms with E-state index in [-0.39, 0.29) is 15.1 Å². The fraction of sp³-hybridized carbons (Fsp3) is 0.214. The zero-order valence-electron chi connectivity index (χ0n) is 11.7. The van der Waals surface area contributed by atoms with E-state index in [1.54, 1.807) is 18.2 Å². The van der Waals surface area contributed by atoms with Gasteiger partial charge in [0.1, 0.15) is 9.20 Å². The number of thiocarbonyl (C=S) groups is 1. The molecule has 2 rings (SSSR count). The van der Waals surface area contributed by atoms with Crippen LogP contribution in [0, 0.1) is 0 Å². The molecule has 112 valence electrons. The number of nitrogens with two attached hydrogens (primary N) is 1. The van der Waals surface area contributed by atoms with E-state index in [1.807, 2.05) is 26.0 Å². The smallest absolute Gasteiger partial charge is 0.271 e. The molecule has 4 nitrogen and oxygen atoms in total. The molecule has 0 radical (unpaired) electrons. The van der Waals surface area contributed by atoms with Gasteiger partial charge in [0, 0.05) is 0 Å². The van der Waals surface area contributed by atoms with E-state index in [0.29, 0.717) is 10.6 Å². The van der Waals surface area contributed by atoms with Crippen LogP contribution >= 0.6 is 23.6 Å². The van der Waals surface area contributed by atoms with Crippen LogP contribution in [0.5, 0.6) is 0 Å². The molecule has 1 aromatic heterocycles. The van der Waals surface area contributed by atoms with Crippen LogP contribution in [-0.4, -0.2) is 13.4 Å². The molecule has 0 aliphatic heterocycles. The van der Waals surface area contributed by atoms with Gasteiger partial charge >= 0.3 is 0 Å². The fourth-order valence-electron chi connectivity index (χ4n) is 1.89. The highest BCUT2D eigenvalue weighted by atomic mass is 32.2. The summed E-state index contributed by atoms with van der Waals surface area (Å²) in [6.45, 7) is 4.03.